The van der Waals surface area contributed by atoms with Gasteiger partial charge in [0, 0.05) is 5.56 Å². The van der Waals surface area contributed by atoms with Crippen LogP contribution >= 0.6 is 0 Å². The summed E-state index contributed by atoms with van der Waals surface area (Å²) < 4.78 is 19.7. The van der Waals surface area contributed by atoms with Crippen molar-refractivity contribution >= 4 is 5.78 Å². The fourth-order valence-corrected chi connectivity index (χ4v) is 2.93. The zero-order chi connectivity index (χ0) is 18.0. The van der Waals surface area contributed by atoms with Crippen LogP contribution in [0, 0.1) is 17.7 Å². The predicted molar refractivity (Wildman–Crippen MR) is 97.0 cm³/mol. The van der Waals surface area contributed by atoms with Crippen LogP contribution in [0.3, 0.4) is 0 Å². The van der Waals surface area contributed by atoms with Gasteiger partial charge in [-0.3, -0.25) is 4.79 Å². The number of hydrogen-bond donors (Lipinski definition) is 0. The number of ether oxygens (including phenoxy) is 1. The molecule has 4 rings (SSSR count). The average molecular weight is 342 g/mol. The maximum absolute atomic E-state index is 13.9. The molecule has 126 valence electrons. The molecule has 0 N–H and O–H groups in total. The van der Waals surface area contributed by atoms with Crippen LogP contribution in [0.25, 0.3) is 0 Å². The van der Waals surface area contributed by atoms with Crippen LogP contribution < -0.4 is 0 Å². The quantitative estimate of drug-likeness (QED) is 0.396. The minimum Gasteiger partial charge on any atom is -0.339 e. The standard InChI is InChI=1S/C23H15FO2/c24-20-14-8-7-9-17(20)15-16-23(21(25)18-10-3-1-4-11-18)22(26-23)19-12-5-2-6-13-19/h1-14,22H/t22?,23-/m1/s1. The molecule has 1 heterocycles. The molecule has 26 heavy (non-hydrogen) atoms. The Labute approximate surface area is 151 Å². The van der Waals surface area contributed by atoms with Gasteiger partial charge in [-0.25, -0.2) is 4.39 Å². The Morgan fingerprint density at radius 1 is 0.885 bits per heavy atom. The van der Waals surface area contributed by atoms with E-state index >= 15 is 0 Å². The highest BCUT2D eigenvalue weighted by atomic mass is 19.1. The summed E-state index contributed by atoms with van der Waals surface area (Å²) in [5, 5.41) is 0. The number of epoxide rings is 1. The lowest BCUT2D eigenvalue weighted by Gasteiger charge is -2.06. The van der Waals surface area contributed by atoms with Gasteiger partial charge in [0.2, 0.25) is 11.4 Å². The first-order chi connectivity index (χ1) is 12.7. The molecule has 0 aliphatic carbocycles. The molecule has 3 heteroatoms. The molecular formula is C23H15FO2. The lowest BCUT2D eigenvalue weighted by Crippen LogP contribution is -2.24. The van der Waals surface area contributed by atoms with E-state index in [9.17, 15) is 9.18 Å². The lowest BCUT2D eigenvalue weighted by atomic mass is 9.91. The first kappa shape index (κ1) is 16.3. The van der Waals surface area contributed by atoms with Gasteiger partial charge < -0.3 is 4.74 Å². The lowest BCUT2D eigenvalue weighted by molar-refractivity contribution is 0.0916. The molecule has 0 amide bonds. The molecule has 1 saturated heterocycles. The summed E-state index contributed by atoms with van der Waals surface area (Å²) >= 11 is 0. The summed E-state index contributed by atoms with van der Waals surface area (Å²) in [6.45, 7) is 0. The highest BCUT2D eigenvalue weighted by molar-refractivity contribution is 6.07. The van der Waals surface area contributed by atoms with E-state index < -0.39 is 17.5 Å². The maximum atomic E-state index is 13.9. The van der Waals surface area contributed by atoms with Gasteiger partial charge in [0.25, 0.3) is 0 Å². The van der Waals surface area contributed by atoms with Crippen molar-refractivity contribution in [2.24, 2.45) is 0 Å². The van der Waals surface area contributed by atoms with Crippen molar-refractivity contribution in [3.63, 3.8) is 0 Å². The van der Waals surface area contributed by atoms with Crippen LogP contribution in [0.5, 0.6) is 0 Å². The molecule has 2 atom stereocenters. The van der Waals surface area contributed by atoms with E-state index in [4.69, 9.17) is 4.74 Å². The Morgan fingerprint density at radius 2 is 1.50 bits per heavy atom. The highest BCUT2D eigenvalue weighted by Crippen LogP contribution is 2.51. The van der Waals surface area contributed by atoms with E-state index in [1.54, 1.807) is 42.5 Å². The molecule has 1 unspecified atom stereocenters. The molecule has 1 aliphatic heterocycles. The molecule has 2 nitrogen and oxygen atoms in total. The molecule has 0 saturated carbocycles. The number of halogens is 1. The largest absolute Gasteiger partial charge is 0.339 e. The molecule has 0 radical (unpaired) electrons. The monoisotopic (exact) mass is 342 g/mol. The van der Waals surface area contributed by atoms with Crippen molar-refractivity contribution in [3.05, 3.63) is 107 Å². The predicted octanol–water partition coefficient (Wildman–Crippen LogP) is 4.57. The Kier molecular flexibility index (Phi) is 4.12. The van der Waals surface area contributed by atoms with Crippen molar-refractivity contribution < 1.29 is 13.9 Å². The van der Waals surface area contributed by atoms with Gasteiger partial charge in [-0.2, -0.15) is 0 Å². The number of ketones is 1. The van der Waals surface area contributed by atoms with E-state index in [1.807, 2.05) is 36.4 Å². The molecule has 1 fully saturated rings. The second-order valence-corrected chi connectivity index (χ2v) is 6.07. The van der Waals surface area contributed by atoms with Crippen molar-refractivity contribution in [1.29, 1.82) is 0 Å². The van der Waals surface area contributed by atoms with Gasteiger partial charge in [-0.1, -0.05) is 84.6 Å². The summed E-state index contributed by atoms with van der Waals surface area (Å²) in [5.41, 5.74) is 0.355. The number of benzene rings is 3. The molecule has 3 aromatic carbocycles. The Hall–Kier alpha value is -3.22. The van der Waals surface area contributed by atoms with E-state index in [2.05, 4.69) is 11.8 Å². The molecule has 1 aliphatic rings. The van der Waals surface area contributed by atoms with E-state index in [0.717, 1.165) is 5.56 Å². The smallest absolute Gasteiger partial charge is 0.223 e. The summed E-state index contributed by atoms with van der Waals surface area (Å²) in [5.74, 6) is 5.08. The number of carbonyl (C=O) groups is 1. The van der Waals surface area contributed by atoms with Gasteiger partial charge in [0.1, 0.15) is 11.9 Å². The van der Waals surface area contributed by atoms with E-state index in [1.165, 1.54) is 6.07 Å². The highest BCUT2D eigenvalue weighted by Gasteiger charge is 2.62. The molecular weight excluding hydrogens is 327 g/mol. The van der Waals surface area contributed by atoms with Crippen molar-refractivity contribution in [3.8, 4) is 11.8 Å². The Balaban J connectivity index is 1.75. The van der Waals surface area contributed by atoms with Crippen LogP contribution in [0.2, 0.25) is 0 Å². The maximum Gasteiger partial charge on any atom is 0.223 e. The van der Waals surface area contributed by atoms with Gasteiger partial charge in [0.05, 0.1) is 5.56 Å². The third-order valence-electron chi connectivity index (χ3n) is 4.35. The molecule has 0 bridgehead atoms. The van der Waals surface area contributed by atoms with Crippen LogP contribution in [0.4, 0.5) is 4.39 Å². The van der Waals surface area contributed by atoms with Crippen LogP contribution in [0.15, 0.2) is 84.9 Å². The van der Waals surface area contributed by atoms with Crippen molar-refractivity contribution in [1.82, 2.24) is 0 Å². The first-order valence-corrected chi connectivity index (χ1v) is 8.31. The van der Waals surface area contributed by atoms with Gasteiger partial charge in [0.15, 0.2) is 0 Å². The van der Waals surface area contributed by atoms with E-state index in [-0.39, 0.29) is 11.3 Å². The van der Waals surface area contributed by atoms with Gasteiger partial charge >= 0.3 is 0 Å². The summed E-state index contributed by atoms with van der Waals surface area (Å²) in [6.07, 6.45) is -0.462. The average Bonchev–Trinajstić information content (AvgIpc) is 3.44. The van der Waals surface area contributed by atoms with Gasteiger partial charge in [-0.05, 0) is 17.7 Å². The zero-order valence-corrected chi connectivity index (χ0v) is 13.9. The second kappa shape index (κ2) is 6.59. The number of carbonyl (C=O) groups excluding carboxylic acids is 1. The normalized spacial score (nSPS) is 20.7. The van der Waals surface area contributed by atoms with Crippen molar-refractivity contribution in [2.45, 2.75) is 11.7 Å². The molecule has 3 aromatic rings. The Morgan fingerprint density at radius 3 is 2.19 bits per heavy atom. The van der Waals surface area contributed by atoms with Gasteiger partial charge in [-0.15, -0.1) is 0 Å². The van der Waals surface area contributed by atoms with Crippen LogP contribution in [-0.4, -0.2) is 11.4 Å². The molecule has 0 aromatic heterocycles. The number of hydrogen-bond acceptors (Lipinski definition) is 2. The summed E-state index contributed by atoms with van der Waals surface area (Å²) in [6, 6.07) is 24.6. The topological polar surface area (TPSA) is 29.6 Å². The zero-order valence-electron chi connectivity index (χ0n) is 13.9. The SMILES string of the molecule is O=C(c1ccccc1)[C@@]1(C#Cc2ccccc2F)OC1c1ccccc1. The third-order valence-corrected chi connectivity index (χ3v) is 4.35. The summed E-state index contributed by atoms with van der Waals surface area (Å²) in [4.78, 5) is 13.1. The number of rotatable bonds is 3. The second-order valence-electron chi connectivity index (χ2n) is 6.07. The number of Topliss-reactive ketones (excluding diaryl/α,β-unsaturated/α-hetero) is 1. The van der Waals surface area contributed by atoms with E-state index in [0.29, 0.717) is 5.56 Å². The first-order valence-electron chi connectivity index (χ1n) is 8.31. The molecule has 0 spiro atoms. The van der Waals surface area contributed by atoms with Crippen LogP contribution in [0.1, 0.15) is 27.6 Å². The minimum atomic E-state index is -1.29. The van der Waals surface area contributed by atoms with Crippen LogP contribution in [-0.2, 0) is 4.74 Å². The summed E-state index contributed by atoms with van der Waals surface area (Å²) in [7, 11) is 0. The fraction of sp³-hybridized carbons (Fsp3) is 0.0870. The Bertz CT molecular complexity index is 1000. The minimum absolute atomic E-state index is 0.212. The van der Waals surface area contributed by atoms with Crippen molar-refractivity contribution in [2.75, 3.05) is 0 Å². The fourth-order valence-electron chi connectivity index (χ4n) is 2.93. The third kappa shape index (κ3) is 2.92.